The molecule has 1 amide bonds. The molecule has 3 heterocycles. The van der Waals surface area contributed by atoms with Crippen molar-refractivity contribution in [2.45, 2.75) is 31.9 Å². The van der Waals surface area contributed by atoms with Crippen molar-refractivity contribution in [2.24, 2.45) is 0 Å². The van der Waals surface area contributed by atoms with Gasteiger partial charge in [-0.15, -0.1) is 11.8 Å². The quantitative estimate of drug-likeness (QED) is 0.701. The van der Waals surface area contributed by atoms with Gasteiger partial charge in [-0.05, 0) is 37.3 Å². The SMILES string of the molecule is CCN(C(=O)CC1=CCC(C(C)=O)S1)c1sc(-c2cccnc2)nc1Cl. The number of Topliss-reactive ketones (excluding diaryl/α,β-unsaturated/α-hetero) is 1. The van der Waals surface area contributed by atoms with Gasteiger partial charge in [-0.2, -0.15) is 0 Å². The first-order valence-electron chi connectivity index (χ1n) is 8.22. The molecule has 1 aliphatic rings. The summed E-state index contributed by atoms with van der Waals surface area (Å²) in [4.78, 5) is 35.4. The molecule has 1 atom stereocenters. The van der Waals surface area contributed by atoms with Gasteiger partial charge in [0.2, 0.25) is 5.91 Å². The molecular weight excluding hydrogens is 390 g/mol. The van der Waals surface area contributed by atoms with Crippen LogP contribution in [0.4, 0.5) is 5.00 Å². The van der Waals surface area contributed by atoms with E-state index in [1.807, 2.05) is 25.1 Å². The molecule has 5 nitrogen and oxygen atoms in total. The Balaban J connectivity index is 1.76. The first-order valence-corrected chi connectivity index (χ1v) is 10.3. The molecule has 0 aliphatic carbocycles. The number of carbonyl (C=O) groups is 2. The van der Waals surface area contributed by atoms with Gasteiger partial charge in [0.25, 0.3) is 0 Å². The number of hydrogen-bond donors (Lipinski definition) is 0. The van der Waals surface area contributed by atoms with Crippen molar-refractivity contribution in [1.29, 1.82) is 0 Å². The summed E-state index contributed by atoms with van der Waals surface area (Å²) in [7, 11) is 0. The molecule has 136 valence electrons. The number of rotatable bonds is 6. The summed E-state index contributed by atoms with van der Waals surface area (Å²) in [5.74, 6) is 0.103. The van der Waals surface area contributed by atoms with Crippen LogP contribution < -0.4 is 4.90 Å². The van der Waals surface area contributed by atoms with Crippen LogP contribution in [0, 0.1) is 0 Å². The zero-order chi connectivity index (χ0) is 18.7. The Labute approximate surface area is 165 Å². The third-order valence-corrected chi connectivity index (χ3v) is 6.90. The first kappa shape index (κ1) is 19.1. The van der Waals surface area contributed by atoms with E-state index in [1.54, 1.807) is 24.2 Å². The fourth-order valence-electron chi connectivity index (χ4n) is 2.63. The molecular formula is C18H18ClN3O2S2. The van der Waals surface area contributed by atoms with E-state index in [1.165, 1.54) is 23.1 Å². The van der Waals surface area contributed by atoms with Crippen molar-refractivity contribution in [2.75, 3.05) is 11.4 Å². The summed E-state index contributed by atoms with van der Waals surface area (Å²) in [5.41, 5.74) is 0.868. The zero-order valence-corrected chi connectivity index (χ0v) is 16.8. The summed E-state index contributed by atoms with van der Waals surface area (Å²) in [5, 5.41) is 1.64. The molecule has 26 heavy (non-hydrogen) atoms. The smallest absolute Gasteiger partial charge is 0.232 e. The van der Waals surface area contributed by atoms with Crippen LogP contribution in [0.3, 0.4) is 0 Å². The third kappa shape index (κ3) is 4.16. The third-order valence-electron chi connectivity index (χ3n) is 3.97. The molecule has 1 aliphatic heterocycles. The van der Waals surface area contributed by atoms with Crippen molar-refractivity contribution >= 4 is 51.4 Å². The second-order valence-corrected chi connectivity index (χ2v) is 8.46. The van der Waals surface area contributed by atoms with E-state index in [0.29, 0.717) is 23.1 Å². The lowest BCUT2D eigenvalue weighted by Crippen LogP contribution is -2.30. The number of anilines is 1. The number of halogens is 1. The standard InChI is InChI=1S/C18H18ClN3O2S2/c1-3-22(15(24)9-13-6-7-14(25-13)11(2)23)18-16(19)21-17(26-18)12-5-4-8-20-10-12/h4-6,8,10,14H,3,7,9H2,1-2H3. The molecule has 2 aromatic rings. The summed E-state index contributed by atoms with van der Waals surface area (Å²) >= 11 is 9.18. The summed E-state index contributed by atoms with van der Waals surface area (Å²) in [6.45, 7) is 4.00. The van der Waals surface area contributed by atoms with Gasteiger partial charge in [-0.25, -0.2) is 4.98 Å². The Morgan fingerprint density at radius 2 is 2.23 bits per heavy atom. The van der Waals surface area contributed by atoms with Crippen molar-refractivity contribution in [3.63, 3.8) is 0 Å². The van der Waals surface area contributed by atoms with Gasteiger partial charge in [-0.3, -0.25) is 14.6 Å². The van der Waals surface area contributed by atoms with Gasteiger partial charge in [0.05, 0.1) is 11.7 Å². The highest BCUT2D eigenvalue weighted by atomic mass is 35.5. The molecule has 0 fully saturated rings. The molecule has 0 aromatic carbocycles. The normalized spacial score (nSPS) is 16.4. The average Bonchev–Trinajstić information content (AvgIpc) is 3.24. The van der Waals surface area contributed by atoms with Crippen molar-refractivity contribution in [1.82, 2.24) is 9.97 Å². The number of hydrogen-bond acceptors (Lipinski definition) is 6. The predicted molar refractivity (Wildman–Crippen MR) is 108 cm³/mol. The number of carbonyl (C=O) groups excluding carboxylic acids is 2. The fourth-order valence-corrected chi connectivity index (χ4v) is 5.14. The van der Waals surface area contributed by atoms with Crippen molar-refractivity contribution in [3.05, 3.63) is 40.7 Å². The van der Waals surface area contributed by atoms with Crippen LogP contribution in [-0.2, 0) is 9.59 Å². The molecule has 8 heteroatoms. The van der Waals surface area contributed by atoms with E-state index in [9.17, 15) is 9.59 Å². The maximum Gasteiger partial charge on any atom is 0.232 e. The molecule has 3 rings (SSSR count). The number of ketones is 1. The van der Waals surface area contributed by atoms with Gasteiger partial charge in [0, 0.05) is 24.5 Å². The van der Waals surface area contributed by atoms with Crippen molar-refractivity contribution in [3.8, 4) is 10.6 Å². The lowest BCUT2D eigenvalue weighted by atomic mass is 10.2. The van der Waals surface area contributed by atoms with Crippen LogP contribution in [0.15, 0.2) is 35.5 Å². The number of thioether (sulfide) groups is 1. The van der Waals surface area contributed by atoms with Crippen molar-refractivity contribution < 1.29 is 9.59 Å². The minimum Gasteiger partial charge on any atom is -0.301 e. The van der Waals surface area contributed by atoms with E-state index < -0.39 is 0 Å². The van der Waals surface area contributed by atoms with Crippen LogP contribution in [0.1, 0.15) is 26.7 Å². The number of amides is 1. The second-order valence-electron chi connectivity index (χ2n) is 5.79. The molecule has 2 aromatic heterocycles. The number of nitrogens with zero attached hydrogens (tertiary/aromatic N) is 3. The number of pyridine rings is 1. The van der Waals surface area contributed by atoms with Crippen LogP contribution in [0.5, 0.6) is 0 Å². The van der Waals surface area contributed by atoms with Gasteiger partial charge in [-0.1, -0.05) is 29.0 Å². The van der Waals surface area contributed by atoms with Crippen LogP contribution >= 0.6 is 34.7 Å². The highest BCUT2D eigenvalue weighted by Crippen LogP contribution is 2.39. The van der Waals surface area contributed by atoms with Gasteiger partial charge in [0.1, 0.15) is 15.8 Å². The Morgan fingerprint density at radius 3 is 2.85 bits per heavy atom. The Morgan fingerprint density at radius 1 is 1.42 bits per heavy atom. The van der Waals surface area contributed by atoms with Gasteiger partial charge < -0.3 is 4.90 Å². The highest BCUT2D eigenvalue weighted by molar-refractivity contribution is 8.04. The highest BCUT2D eigenvalue weighted by Gasteiger charge is 2.26. The lowest BCUT2D eigenvalue weighted by molar-refractivity contribution is -0.118. The minimum atomic E-state index is -0.0583. The van der Waals surface area contributed by atoms with E-state index in [4.69, 9.17) is 11.6 Å². The van der Waals surface area contributed by atoms with E-state index in [-0.39, 0.29) is 23.4 Å². The monoisotopic (exact) mass is 407 g/mol. The predicted octanol–water partition coefficient (Wildman–Crippen LogP) is 4.58. The molecule has 1 unspecified atom stereocenters. The maximum atomic E-state index is 12.8. The van der Waals surface area contributed by atoms with Gasteiger partial charge in [0.15, 0.2) is 5.15 Å². The summed E-state index contributed by atoms with van der Waals surface area (Å²) < 4.78 is 0. The van der Waals surface area contributed by atoms with Crippen LogP contribution in [-0.4, -0.2) is 33.5 Å². The van der Waals surface area contributed by atoms with E-state index in [0.717, 1.165) is 15.5 Å². The zero-order valence-electron chi connectivity index (χ0n) is 14.4. The summed E-state index contributed by atoms with van der Waals surface area (Å²) in [6, 6.07) is 3.74. The topological polar surface area (TPSA) is 63.2 Å². The van der Waals surface area contributed by atoms with Crippen LogP contribution in [0.2, 0.25) is 5.15 Å². The molecule has 0 saturated heterocycles. The molecule has 0 N–H and O–H groups in total. The largest absolute Gasteiger partial charge is 0.301 e. The number of thiazole rings is 1. The minimum absolute atomic E-state index is 0.0428. The Hall–Kier alpha value is -1.70. The summed E-state index contributed by atoms with van der Waals surface area (Å²) in [6.07, 6.45) is 6.37. The Bertz CT molecular complexity index is 851. The Kier molecular flexibility index (Phi) is 6.11. The molecule has 0 saturated carbocycles. The maximum absolute atomic E-state index is 12.8. The van der Waals surface area contributed by atoms with E-state index >= 15 is 0 Å². The van der Waals surface area contributed by atoms with Gasteiger partial charge >= 0.3 is 0 Å². The number of aromatic nitrogens is 2. The fraction of sp³-hybridized carbons (Fsp3) is 0.333. The second kappa shape index (κ2) is 8.33. The molecule has 0 bridgehead atoms. The average molecular weight is 408 g/mol. The molecule has 0 radical (unpaired) electrons. The molecule has 0 spiro atoms. The first-order chi connectivity index (χ1) is 12.5. The van der Waals surface area contributed by atoms with Crippen LogP contribution in [0.25, 0.3) is 10.6 Å². The lowest BCUT2D eigenvalue weighted by Gasteiger charge is -2.19. The van der Waals surface area contributed by atoms with E-state index in [2.05, 4.69) is 9.97 Å². The number of allylic oxidation sites excluding steroid dienone is 1.